The third-order valence-electron chi connectivity index (χ3n) is 6.17. The number of hydrogen-bond donors (Lipinski definition) is 1. The molecule has 23 heavy (non-hydrogen) atoms. The van der Waals surface area contributed by atoms with Gasteiger partial charge in [-0.3, -0.25) is 4.79 Å². The van der Waals surface area contributed by atoms with Crippen LogP contribution in [-0.4, -0.2) is 36.0 Å². The van der Waals surface area contributed by atoms with Crippen molar-refractivity contribution in [2.45, 2.75) is 89.4 Å². The van der Waals surface area contributed by atoms with Crippen LogP contribution in [0.25, 0.3) is 0 Å². The maximum atomic E-state index is 12.3. The molecular weight excluding hydrogens is 292 g/mol. The summed E-state index contributed by atoms with van der Waals surface area (Å²) in [5, 5.41) is 9.61. The normalized spacial score (nSPS) is 42.2. The second-order valence-corrected chi connectivity index (χ2v) is 8.03. The molecule has 3 rings (SSSR count). The van der Waals surface area contributed by atoms with Gasteiger partial charge >= 0.3 is 5.97 Å². The molecule has 1 aliphatic heterocycles. The van der Waals surface area contributed by atoms with Crippen LogP contribution in [0.15, 0.2) is 0 Å². The summed E-state index contributed by atoms with van der Waals surface area (Å²) in [6.45, 7) is 2.82. The summed E-state index contributed by atoms with van der Waals surface area (Å²) in [5.41, 5.74) is 0. The number of carbonyl (C=O) groups is 1. The van der Waals surface area contributed by atoms with E-state index >= 15 is 0 Å². The van der Waals surface area contributed by atoms with Crippen molar-refractivity contribution in [1.29, 1.82) is 0 Å². The molecule has 0 aromatic heterocycles. The Labute approximate surface area is 139 Å². The lowest BCUT2D eigenvalue weighted by atomic mass is 9.81. The molecule has 0 spiro atoms. The minimum Gasteiger partial charge on any atom is -0.460 e. The molecule has 0 aromatic rings. The van der Waals surface area contributed by atoms with Gasteiger partial charge in [-0.15, -0.1) is 0 Å². The molecule has 2 saturated carbocycles. The van der Waals surface area contributed by atoms with E-state index in [4.69, 9.17) is 9.47 Å². The summed E-state index contributed by atoms with van der Waals surface area (Å²) in [7, 11) is 0. The van der Waals surface area contributed by atoms with Crippen LogP contribution >= 0.6 is 0 Å². The van der Waals surface area contributed by atoms with E-state index in [1.807, 2.05) is 0 Å². The smallest absolute Gasteiger partial charge is 0.309 e. The van der Waals surface area contributed by atoms with E-state index in [1.165, 1.54) is 0 Å². The molecule has 2 atom stereocenters. The van der Waals surface area contributed by atoms with Crippen LogP contribution in [0.4, 0.5) is 0 Å². The Hall–Kier alpha value is -0.610. The third kappa shape index (κ3) is 4.69. The van der Waals surface area contributed by atoms with Crippen molar-refractivity contribution in [2.24, 2.45) is 17.8 Å². The maximum Gasteiger partial charge on any atom is 0.309 e. The molecule has 0 amide bonds. The standard InChI is InChI=1S/C19H32O4/c1-13-2-4-15(5-3-13)19(21)23-17-10-11-18(22-12-17)14-6-8-16(20)9-7-14/h13-18,20H,2-12H2,1H3. The number of aliphatic hydroxyl groups excluding tert-OH is 1. The van der Waals surface area contributed by atoms with Crippen LogP contribution in [0.3, 0.4) is 0 Å². The van der Waals surface area contributed by atoms with Gasteiger partial charge in [-0.2, -0.15) is 0 Å². The maximum absolute atomic E-state index is 12.3. The van der Waals surface area contributed by atoms with E-state index in [0.29, 0.717) is 18.6 Å². The highest BCUT2D eigenvalue weighted by molar-refractivity contribution is 5.72. The summed E-state index contributed by atoms with van der Waals surface area (Å²) < 4.78 is 11.7. The van der Waals surface area contributed by atoms with Crippen molar-refractivity contribution < 1.29 is 19.4 Å². The monoisotopic (exact) mass is 324 g/mol. The van der Waals surface area contributed by atoms with Crippen LogP contribution in [0.2, 0.25) is 0 Å². The summed E-state index contributed by atoms with van der Waals surface area (Å²) in [6, 6.07) is 0. The molecule has 1 saturated heterocycles. The Kier molecular flexibility index (Phi) is 5.97. The molecule has 1 heterocycles. The van der Waals surface area contributed by atoms with Crippen molar-refractivity contribution in [3.63, 3.8) is 0 Å². The van der Waals surface area contributed by atoms with E-state index < -0.39 is 0 Å². The van der Waals surface area contributed by atoms with Crippen molar-refractivity contribution in [2.75, 3.05) is 6.61 Å². The molecule has 3 fully saturated rings. The first-order chi connectivity index (χ1) is 11.1. The third-order valence-corrected chi connectivity index (χ3v) is 6.17. The Morgan fingerprint density at radius 3 is 2.26 bits per heavy atom. The first-order valence-electron chi connectivity index (χ1n) is 9.62. The van der Waals surface area contributed by atoms with Crippen molar-refractivity contribution in [3.8, 4) is 0 Å². The van der Waals surface area contributed by atoms with Gasteiger partial charge in [0.2, 0.25) is 0 Å². The average molecular weight is 324 g/mol. The van der Waals surface area contributed by atoms with E-state index in [2.05, 4.69) is 6.92 Å². The molecule has 2 unspecified atom stereocenters. The number of esters is 1. The van der Waals surface area contributed by atoms with Crippen LogP contribution in [0.1, 0.15) is 71.1 Å². The molecule has 2 aliphatic carbocycles. The van der Waals surface area contributed by atoms with Crippen LogP contribution < -0.4 is 0 Å². The van der Waals surface area contributed by atoms with E-state index in [1.54, 1.807) is 0 Å². The minimum atomic E-state index is -0.109. The Morgan fingerprint density at radius 2 is 1.65 bits per heavy atom. The quantitative estimate of drug-likeness (QED) is 0.808. The van der Waals surface area contributed by atoms with Gasteiger partial charge in [0.1, 0.15) is 6.10 Å². The largest absolute Gasteiger partial charge is 0.460 e. The zero-order valence-electron chi connectivity index (χ0n) is 14.4. The minimum absolute atomic E-state index is 0.00439. The fourth-order valence-electron chi connectivity index (χ4n) is 4.44. The Balaban J connectivity index is 1.38. The topological polar surface area (TPSA) is 55.8 Å². The van der Waals surface area contributed by atoms with E-state index in [0.717, 1.165) is 70.1 Å². The van der Waals surface area contributed by atoms with Gasteiger partial charge in [0.05, 0.1) is 24.7 Å². The zero-order chi connectivity index (χ0) is 16.2. The van der Waals surface area contributed by atoms with Gasteiger partial charge in [-0.1, -0.05) is 6.92 Å². The number of carbonyl (C=O) groups excluding carboxylic acids is 1. The lowest BCUT2D eigenvalue weighted by Crippen LogP contribution is -2.39. The first kappa shape index (κ1) is 17.2. The predicted molar refractivity (Wildman–Crippen MR) is 87.9 cm³/mol. The Bertz CT molecular complexity index is 373. The van der Waals surface area contributed by atoms with Crippen molar-refractivity contribution in [1.82, 2.24) is 0 Å². The second-order valence-electron chi connectivity index (χ2n) is 8.03. The van der Waals surface area contributed by atoms with Gasteiger partial charge in [-0.25, -0.2) is 0 Å². The van der Waals surface area contributed by atoms with Gasteiger partial charge in [0.15, 0.2) is 0 Å². The number of hydrogen-bond acceptors (Lipinski definition) is 4. The van der Waals surface area contributed by atoms with Gasteiger partial charge in [0.25, 0.3) is 0 Å². The molecular formula is C19H32O4. The average Bonchev–Trinajstić information content (AvgIpc) is 2.57. The number of aliphatic hydroxyl groups is 1. The van der Waals surface area contributed by atoms with E-state index in [-0.39, 0.29) is 24.1 Å². The van der Waals surface area contributed by atoms with Gasteiger partial charge < -0.3 is 14.6 Å². The molecule has 0 aromatic carbocycles. The summed E-state index contributed by atoms with van der Waals surface area (Å²) in [4.78, 5) is 12.3. The van der Waals surface area contributed by atoms with Crippen molar-refractivity contribution in [3.05, 3.63) is 0 Å². The number of rotatable bonds is 3. The molecule has 3 aliphatic rings. The second kappa shape index (κ2) is 7.98. The summed E-state index contributed by atoms with van der Waals surface area (Å²) in [6.07, 6.45) is 10.3. The molecule has 0 radical (unpaired) electrons. The molecule has 0 bridgehead atoms. The fraction of sp³-hybridized carbons (Fsp3) is 0.947. The molecule has 1 N–H and O–H groups in total. The highest BCUT2D eigenvalue weighted by Crippen LogP contribution is 2.34. The lowest BCUT2D eigenvalue weighted by Gasteiger charge is -2.37. The highest BCUT2D eigenvalue weighted by Gasteiger charge is 2.33. The van der Waals surface area contributed by atoms with Crippen LogP contribution in [-0.2, 0) is 14.3 Å². The molecule has 132 valence electrons. The van der Waals surface area contributed by atoms with Gasteiger partial charge in [-0.05, 0) is 76.0 Å². The first-order valence-corrected chi connectivity index (χ1v) is 9.62. The summed E-state index contributed by atoms with van der Waals surface area (Å²) >= 11 is 0. The van der Waals surface area contributed by atoms with Crippen LogP contribution in [0, 0.1) is 17.8 Å². The lowest BCUT2D eigenvalue weighted by molar-refractivity contribution is -0.167. The Morgan fingerprint density at radius 1 is 0.957 bits per heavy atom. The SMILES string of the molecule is CC1CCC(C(=O)OC2CCC(C3CCC(O)CC3)OC2)CC1. The number of ether oxygens (including phenoxy) is 2. The molecule has 4 nitrogen and oxygen atoms in total. The summed E-state index contributed by atoms with van der Waals surface area (Å²) in [5.74, 6) is 1.45. The van der Waals surface area contributed by atoms with E-state index in [9.17, 15) is 9.90 Å². The predicted octanol–water partition coefficient (Wildman–Crippen LogP) is 3.45. The molecule has 4 heteroatoms. The van der Waals surface area contributed by atoms with Gasteiger partial charge in [0, 0.05) is 0 Å². The fourth-order valence-corrected chi connectivity index (χ4v) is 4.44. The van der Waals surface area contributed by atoms with Crippen LogP contribution in [0.5, 0.6) is 0 Å². The zero-order valence-corrected chi connectivity index (χ0v) is 14.4. The highest BCUT2D eigenvalue weighted by atomic mass is 16.6. The van der Waals surface area contributed by atoms with Crippen molar-refractivity contribution >= 4 is 5.97 Å².